The van der Waals surface area contributed by atoms with Gasteiger partial charge in [-0.2, -0.15) is 5.10 Å². The Morgan fingerprint density at radius 2 is 2.39 bits per heavy atom. The minimum atomic E-state index is -0.561. The van der Waals surface area contributed by atoms with E-state index in [1.165, 1.54) is 13.3 Å². The Kier molecular flexibility index (Phi) is 3.52. The van der Waals surface area contributed by atoms with Crippen LogP contribution in [0.3, 0.4) is 0 Å². The SMILES string of the molecule is COC(=O)c1nccc(NC(C)c2cn[nH]c2)n1. The normalized spacial score (nSPS) is 11.9. The van der Waals surface area contributed by atoms with Crippen molar-refractivity contribution in [1.82, 2.24) is 20.2 Å². The van der Waals surface area contributed by atoms with Gasteiger partial charge in [0.2, 0.25) is 5.82 Å². The summed E-state index contributed by atoms with van der Waals surface area (Å²) >= 11 is 0. The average Bonchev–Trinajstić information content (AvgIpc) is 2.92. The number of H-pyrrole nitrogens is 1. The molecule has 2 heterocycles. The standard InChI is InChI=1S/C11H13N5O2/c1-7(8-5-13-14-6-8)15-9-3-4-12-10(16-9)11(17)18-2/h3-7H,1-2H3,(H,13,14)(H,12,15,16). The lowest BCUT2D eigenvalue weighted by atomic mass is 10.2. The van der Waals surface area contributed by atoms with Gasteiger partial charge in [-0.05, 0) is 13.0 Å². The van der Waals surface area contributed by atoms with Crippen LogP contribution in [0.4, 0.5) is 5.82 Å². The first-order chi connectivity index (χ1) is 8.70. The number of carbonyl (C=O) groups excluding carboxylic acids is 1. The van der Waals surface area contributed by atoms with Crippen LogP contribution in [-0.4, -0.2) is 33.2 Å². The molecule has 94 valence electrons. The van der Waals surface area contributed by atoms with E-state index in [1.807, 2.05) is 6.92 Å². The second-order valence-corrected chi connectivity index (χ2v) is 3.65. The number of nitrogens with zero attached hydrogens (tertiary/aromatic N) is 3. The summed E-state index contributed by atoms with van der Waals surface area (Å²) in [5, 5.41) is 9.76. The van der Waals surface area contributed by atoms with Gasteiger partial charge in [-0.15, -0.1) is 0 Å². The molecule has 0 aromatic carbocycles. The zero-order chi connectivity index (χ0) is 13.0. The first-order valence-corrected chi connectivity index (χ1v) is 5.37. The number of carbonyl (C=O) groups is 1. The van der Waals surface area contributed by atoms with Gasteiger partial charge in [0.05, 0.1) is 19.3 Å². The van der Waals surface area contributed by atoms with Crippen LogP contribution in [0, 0.1) is 0 Å². The van der Waals surface area contributed by atoms with Crippen molar-refractivity contribution in [3.05, 3.63) is 36.0 Å². The third-order valence-electron chi connectivity index (χ3n) is 2.41. The molecule has 0 saturated carbocycles. The van der Waals surface area contributed by atoms with Gasteiger partial charge in [0.1, 0.15) is 5.82 Å². The second kappa shape index (κ2) is 5.26. The highest BCUT2D eigenvalue weighted by Crippen LogP contribution is 2.15. The maximum atomic E-state index is 11.3. The topological polar surface area (TPSA) is 92.8 Å². The molecule has 0 bridgehead atoms. The number of esters is 1. The molecule has 0 radical (unpaired) electrons. The molecule has 0 fully saturated rings. The molecule has 0 aliphatic carbocycles. The number of anilines is 1. The van der Waals surface area contributed by atoms with E-state index in [1.54, 1.807) is 18.5 Å². The Labute approximate surface area is 104 Å². The smallest absolute Gasteiger partial charge is 0.376 e. The largest absolute Gasteiger partial charge is 0.463 e. The third-order valence-corrected chi connectivity index (χ3v) is 2.41. The maximum Gasteiger partial charge on any atom is 0.376 e. The number of ether oxygens (including phenoxy) is 1. The average molecular weight is 247 g/mol. The van der Waals surface area contributed by atoms with Gasteiger partial charge in [0.25, 0.3) is 0 Å². The fourth-order valence-electron chi connectivity index (χ4n) is 1.43. The molecular weight excluding hydrogens is 234 g/mol. The quantitative estimate of drug-likeness (QED) is 0.787. The lowest BCUT2D eigenvalue weighted by molar-refractivity contribution is 0.0587. The minimum Gasteiger partial charge on any atom is -0.463 e. The van der Waals surface area contributed by atoms with Crippen molar-refractivity contribution in [2.24, 2.45) is 0 Å². The molecule has 0 aliphatic heterocycles. The van der Waals surface area contributed by atoms with E-state index in [4.69, 9.17) is 0 Å². The molecule has 0 saturated heterocycles. The van der Waals surface area contributed by atoms with Crippen LogP contribution in [-0.2, 0) is 4.74 Å². The predicted molar refractivity (Wildman–Crippen MR) is 64.0 cm³/mol. The lowest BCUT2D eigenvalue weighted by Crippen LogP contribution is -2.12. The summed E-state index contributed by atoms with van der Waals surface area (Å²) in [6, 6.07) is 1.70. The molecule has 7 heteroatoms. The molecule has 0 aliphatic rings. The first kappa shape index (κ1) is 12.0. The van der Waals surface area contributed by atoms with Crippen molar-refractivity contribution in [1.29, 1.82) is 0 Å². The number of nitrogens with one attached hydrogen (secondary N) is 2. The van der Waals surface area contributed by atoms with Crippen LogP contribution < -0.4 is 5.32 Å². The monoisotopic (exact) mass is 247 g/mol. The molecule has 18 heavy (non-hydrogen) atoms. The maximum absolute atomic E-state index is 11.3. The van der Waals surface area contributed by atoms with Crippen molar-refractivity contribution in [3.8, 4) is 0 Å². The van der Waals surface area contributed by atoms with E-state index in [0.29, 0.717) is 5.82 Å². The van der Waals surface area contributed by atoms with Crippen LogP contribution in [0.2, 0.25) is 0 Å². The van der Waals surface area contributed by atoms with E-state index >= 15 is 0 Å². The molecule has 1 atom stereocenters. The molecule has 2 aromatic heterocycles. The van der Waals surface area contributed by atoms with Crippen LogP contribution in [0.1, 0.15) is 29.1 Å². The van der Waals surface area contributed by atoms with Crippen LogP contribution in [0.25, 0.3) is 0 Å². The summed E-state index contributed by atoms with van der Waals surface area (Å²) < 4.78 is 4.56. The molecule has 2 aromatic rings. The third kappa shape index (κ3) is 2.62. The van der Waals surface area contributed by atoms with E-state index in [9.17, 15) is 4.79 Å². The Morgan fingerprint density at radius 1 is 1.56 bits per heavy atom. The number of aromatic amines is 1. The Morgan fingerprint density at radius 3 is 3.06 bits per heavy atom. The van der Waals surface area contributed by atoms with Crippen LogP contribution in [0.5, 0.6) is 0 Å². The van der Waals surface area contributed by atoms with Gasteiger partial charge < -0.3 is 10.1 Å². The van der Waals surface area contributed by atoms with Gasteiger partial charge in [-0.3, -0.25) is 5.10 Å². The highest BCUT2D eigenvalue weighted by atomic mass is 16.5. The summed E-state index contributed by atoms with van der Waals surface area (Å²) in [6.07, 6.45) is 5.02. The fourth-order valence-corrected chi connectivity index (χ4v) is 1.43. The Balaban J connectivity index is 2.12. The molecule has 0 spiro atoms. The highest BCUT2D eigenvalue weighted by Gasteiger charge is 2.11. The number of hydrogen-bond acceptors (Lipinski definition) is 6. The summed E-state index contributed by atoms with van der Waals surface area (Å²) in [7, 11) is 1.29. The van der Waals surface area contributed by atoms with Gasteiger partial charge in [0.15, 0.2) is 0 Å². The molecule has 7 nitrogen and oxygen atoms in total. The van der Waals surface area contributed by atoms with Crippen molar-refractivity contribution >= 4 is 11.8 Å². The number of hydrogen-bond donors (Lipinski definition) is 2. The fraction of sp³-hybridized carbons (Fsp3) is 0.273. The van der Waals surface area contributed by atoms with Gasteiger partial charge >= 0.3 is 5.97 Å². The van der Waals surface area contributed by atoms with E-state index in [2.05, 4.69) is 30.2 Å². The highest BCUT2D eigenvalue weighted by molar-refractivity contribution is 5.85. The van der Waals surface area contributed by atoms with Crippen molar-refractivity contribution in [2.75, 3.05) is 12.4 Å². The van der Waals surface area contributed by atoms with Gasteiger partial charge in [0, 0.05) is 18.0 Å². The molecular formula is C11H13N5O2. The van der Waals surface area contributed by atoms with E-state index in [-0.39, 0.29) is 11.9 Å². The van der Waals surface area contributed by atoms with Crippen molar-refractivity contribution < 1.29 is 9.53 Å². The zero-order valence-electron chi connectivity index (χ0n) is 10.0. The van der Waals surface area contributed by atoms with Crippen molar-refractivity contribution in [3.63, 3.8) is 0 Å². The number of rotatable bonds is 4. The van der Waals surface area contributed by atoms with Gasteiger partial charge in [-0.1, -0.05) is 0 Å². The first-order valence-electron chi connectivity index (χ1n) is 5.37. The Bertz CT molecular complexity index is 526. The van der Waals surface area contributed by atoms with Crippen LogP contribution >= 0.6 is 0 Å². The number of aromatic nitrogens is 4. The van der Waals surface area contributed by atoms with Gasteiger partial charge in [-0.25, -0.2) is 14.8 Å². The second-order valence-electron chi connectivity index (χ2n) is 3.65. The zero-order valence-corrected chi connectivity index (χ0v) is 10.0. The van der Waals surface area contributed by atoms with Crippen LogP contribution in [0.15, 0.2) is 24.7 Å². The minimum absolute atomic E-state index is 0.0177. The summed E-state index contributed by atoms with van der Waals surface area (Å²) in [4.78, 5) is 19.2. The predicted octanol–water partition coefficient (Wildman–Crippen LogP) is 1.16. The summed E-state index contributed by atoms with van der Waals surface area (Å²) in [6.45, 7) is 1.96. The molecule has 2 N–H and O–H groups in total. The summed E-state index contributed by atoms with van der Waals surface area (Å²) in [5.74, 6) is 0.0237. The molecule has 2 rings (SSSR count). The van der Waals surface area contributed by atoms with E-state index < -0.39 is 5.97 Å². The Hall–Kier alpha value is -2.44. The van der Waals surface area contributed by atoms with Crippen molar-refractivity contribution in [2.45, 2.75) is 13.0 Å². The molecule has 1 unspecified atom stereocenters. The lowest BCUT2D eigenvalue weighted by Gasteiger charge is -2.12. The van der Waals surface area contributed by atoms with E-state index in [0.717, 1.165) is 5.56 Å². The summed E-state index contributed by atoms with van der Waals surface area (Å²) in [5.41, 5.74) is 0.994. The number of methoxy groups -OCH3 is 1. The molecule has 0 amide bonds.